The van der Waals surface area contributed by atoms with Gasteiger partial charge in [-0.3, -0.25) is 4.79 Å². The lowest BCUT2D eigenvalue weighted by Crippen LogP contribution is -2.32. The van der Waals surface area contributed by atoms with Gasteiger partial charge in [-0.05, 0) is 18.6 Å². The summed E-state index contributed by atoms with van der Waals surface area (Å²) in [6.07, 6.45) is 6.41. The van der Waals surface area contributed by atoms with Crippen LogP contribution in [0.2, 0.25) is 5.02 Å². The number of aryl methyl sites for hydroxylation is 1. The van der Waals surface area contributed by atoms with Crippen LogP contribution in [-0.2, 0) is 11.3 Å². The van der Waals surface area contributed by atoms with Crippen molar-refractivity contribution < 1.29 is 9.36 Å². The summed E-state index contributed by atoms with van der Waals surface area (Å²) in [5.74, 6) is 0.0103. The number of carbonyl (C=O) groups is 1. The number of rotatable bonds is 6. The minimum atomic E-state index is 0.0103. The fourth-order valence-corrected chi connectivity index (χ4v) is 2.12. The summed E-state index contributed by atoms with van der Waals surface area (Å²) in [5.41, 5.74) is 0.677. The van der Waals surface area contributed by atoms with E-state index in [1.54, 1.807) is 12.1 Å². The second-order valence-electron chi connectivity index (χ2n) is 4.60. The third kappa shape index (κ3) is 4.67. The fraction of sp³-hybridized carbons (Fsp3) is 0.250. The van der Waals surface area contributed by atoms with Crippen LogP contribution >= 0.6 is 11.6 Å². The molecule has 1 heterocycles. The van der Waals surface area contributed by atoms with Crippen LogP contribution in [0.5, 0.6) is 0 Å². The van der Waals surface area contributed by atoms with Crippen LogP contribution in [0.1, 0.15) is 19.3 Å². The first kappa shape index (κ1) is 14.5. The Kier molecular flexibility index (Phi) is 5.56. The number of pyridine rings is 1. The number of nitrogens with zero attached hydrogens (tertiary/aromatic N) is 1. The molecule has 1 aromatic heterocycles. The molecule has 1 aromatic carbocycles. The maximum Gasteiger partial charge on any atom is 0.224 e. The number of unbranched alkanes of at least 4 members (excludes halogenated alkanes) is 1. The molecular weight excluding hydrogens is 272 g/mol. The number of aromatic nitrogens is 1. The Labute approximate surface area is 124 Å². The summed E-state index contributed by atoms with van der Waals surface area (Å²) in [7, 11) is 0. The van der Waals surface area contributed by atoms with Crippen molar-refractivity contribution in [2.24, 2.45) is 0 Å². The van der Waals surface area contributed by atoms with Crippen LogP contribution in [-0.4, -0.2) is 5.91 Å². The highest BCUT2D eigenvalue weighted by Crippen LogP contribution is 2.20. The molecule has 3 nitrogen and oxygen atoms in total. The van der Waals surface area contributed by atoms with E-state index in [1.807, 2.05) is 42.7 Å². The molecule has 2 aromatic rings. The van der Waals surface area contributed by atoms with Crippen molar-refractivity contribution in [1.82, 2.24) is 0 Å². The average molecular weight is 290 g/mol. The van der Waals surface area contributed by atoms with E-state index >= 15 is 0 Å². The quantitative estimate of drug-likeness (QED) is 0.641. The lowest BCUT2D eigenvalue weighted by molar-refractivity contribution is -0.697. The Morgan fingerprint density at radius 1 is 1.05 bits per heavy atom. The van der Waals surface area contributed by atoms with E-state index in [2.05, 4.69) is 9.88 Å². The molecule has 0 unspecified atom stereocenters. The smallest absolute Gasteiger partial charge is 0.224 e. The molecule has 2 rings (SSSR count). The third-order valence-electron chi connectivity index (χ3n) is 3.00. The molecular formula is C16H18ClN2O+. The first-order valence-electron chi connectivity index (χ1n) is 6.74. The second-order valence-corrected chi connectivity index (χ2v) is 5.01. The van der Waals surface area contributed by atoms with Crippen molar-refractivity contribution in [3.8, 4) is 0 Å². The molecule has 0 aliphatic carbocycles. The Morgan fingerprint density at radius 3 is 2.55 bits per heavy atom. The summed E-state index contributed by atoms with van der Waals surface area (Å²) in [4.78, 5) is 11.8. The molecule has 0 fully saturated rings. The molecule has 0 radical (unpaired) electrons. The van der Waals surface area contributed by atoms with Gasteiger partial charge in [0.1, 0.15) is 6.54 Å². The van der Waals surface area contributed by atoms with E-state index in [4.69, 9.17) is 11.6 Å². The van der Waals surface area contributed by atoms with E-state index in [9.17, 15) is 4.79 Å². The van der Waals surface area contributed by atoms with Crippen LogP contribution in [0.4, 0.5) is 5.69 Å². The summed E-state index contributed by atoms with van der Waals surface area (Å²) in [6.45, 7) is 0.931. The third-order valence-corrected chi connectivity index (χ3v) is 3.32. The van der Waals surface area contributed by atoms with Gasteiger partial charge in [-0.1, -0.05) is 29.8 Å². The van der Waals surface area contributed by atoms with Crippen molar-refractivity contribution in [3.63, 3.8) is 0 Å². The molecule has 1 N–H and O–H groups in total. The summed E-state index contributed by atoms with van der Waals surface area (Å²) < 4.78 is 2.12. The summed E-state index contributed by atoms with van der Waals surface area (Å²) in [6, 6.07) is 13.3. The number of carbonyl (C=O) groups excluding carboxylic acids is 1. The monoisotopic (exact) mass is 289 g/mol. The predicted octanol–water partition coefficient (Wildman–Crippen LogP) is 3.44. The normalized spacial score (nSPS) is 10.2. The zero-order valence-electron chi connectivity index (χ0n) is 11.3. The van der Waals surface area contributed by atoms with Crippen molar-refractivity contribution >= 4 is 23.2 Å². The molecule has 4 heteroatoms. The van der Waals surface area contributed by atoms with Crippen molar-refractivity contribution in [2.45, 2.75) is 25.8 Å². The minimum Gasteiger partial charge on any atom is -0.325 e. The first-order chi connectivity index (χ1) is 9.75. The maximum absolute atomic E-state index is 11.8. The highest BCUT2D eigenvalue weighted by molar-refractivity contribution is 6.33. The highest BCUT2D eigenvalue weighted by atomic mass is 35.5. The Balaban J connectivity index is 1.69. The standard InChI is InChI=1S/C16H17ClN2O/c17-14-8-2-3-9-15(14)18-16(20)10-4-7-13-19-11-5-1-6-12-19/h1-3,5-6,8-9,11-12H,4,7,10,13H2/p+1. The van der Waals surface area contributed by atoms with Crippen LogP contribution < -0.4 is 9.88 Å². The van der Waals surface area contributed by atoms with E-state index in [0.717, 1.165) is 19.4 Å². The number of hydrogen-bond acceptors (Lipinski definition) is 1. The van der Waals surface area contributed by atoms with Gasteiger partial charge in [-0.15, -0.1) is 0 Å². The van der Waals surface area contributed by atoms with Gasteiger partial charge < -0.3 is 5.32 Å². The van der Waals surface area contributed by atoms with Crippen molar-refractivity contribution in [3.05, 3.63) is 59.9 Å². The van der Waals surface area contributed by atoms with Gasteiger partial charge in [0.2, 0.25) is 5.91 Å². The van der Waals surface area contributed by atoms with Crippen LogP contribution in [0.3, 0.4) is 0 Å². The summed E-state index contributed by atoms with van der Waals surface area (Å²) >= 11 is 5.99. The van der Waals surface area contributed by atoms with E-state index in [1.165, 1.54) is 0 Å². The number of nitrogens with one attached hydrogen (secondary N) is 1. The number of anilines is 1. The zero-order chi connectivity index (χ0) is 14.2. The Bertz CT molecular complexity index is 557. The van der Waals surface area contributed by atoms with E-state index in [0.29, 0.717) is 17.1 Å². The molecule has 104 valence electrons. The van der Waals surface area contributed by atoms with Crippen LogP contribution in [0.25, 0.3) is 0 Å². The molecule has 20 heavy (non-hydrogen) atoms. The topological polar surface area (TPSA) is 33.0 Å². The van der Waals surface area contributed by atoms with Crippen LogP contribution in [0.15, 0.2) is 54.9 Å². The number of halogens is 1. The van der Waals surface area contributed by atoms with Gasteiger partial charge in [0.15, 0.2) is 12.4 Å². The number of amides is 1. The molecule has 0 saturated heterocycles. The molecule has 0 aliphatic rings. The number of benzene rings is 1. The van der Waals surface area contributed by atoms with E-state index < -0.39 is 0 Å². The lowest BCUT2D eigenvalue weighted by atomic mass is 10.2. The predicted molar refractivity (Wildman–Crippen MR) is 80.6 cm³/mol. The van der Waals surface area contributed by atoms with Crippen molar-refractivity contribution in [1.29, 1.82) is 0 Å². The van der Waals surface area contributed by atoms with Gasteiger partial charge in [0.05, 0.1) is 10.7 Å². The van der Waals surface area contributed by atoms with Gasteiger partial charge in [0, 0.05) is 25.0 Å². The van der Waals surface area contributed by atoms with E-state index in [-0.39, 0.29) is 5.91 Å². The largest absolute Gasteiger partial charge is 0.325 e. The lowest BCUT2D eigenvalue weighted by Gasteiger charge is -2.06. The number of para-hydroxylation sites is 1. The summed E-state index contributed by atoms with van der Waals surface area (Å²) in [5, 5.41) is 3.40. The van der Waals surface area contributed by atoms with Gasteiger partial charge in [-0.25, -0.2) is 4.57 Å². The molecule has 0 aliphatic heterocycles. The minimum absolute atomic E-state index is 0.0103. The molecule has 0 spiro atoms. The van der Waals surface area contributed by atoms with Gasteiger partial charge in [-0.2, -0.15) is 0 Å². The van der Waals surface area contributed by atoms with Crippen molar-refractivity contribution in [2.75, 3.05) is 5.32 Å². The molecule has 0 bridgehead atoms. The second kappa shape index (κ2) is 7.65. The SMILES string of the molecule is O=C(CCCC[n+]1ccccc1)Nc1ccccc1Cl. The highest BCUT2D eigenvalue weighted by Gasteiger charge is 2.06. The molecule has 1 amide bonds. The average Bonchev–Trinajstić information content (AvgIpc) is 2.47. The fourth-order valence-electron chi connectivity index (χ4n) is 1.94. The Hall–Kier alpha value is -1.87. The number of hydrogen-bond donors (Lipinski definition) is 1. The van der Waals surface area contributed by atoms with Gasteiger partial charge in [0.25, 0.3) is 0 Å². The zero-order valence-corrected chi connectivity index (χ0v) is 12.0. The first-order valence-corrected chi connectivity index (χ1v) is 7.12. The molecule has 0 saturated carbocycles. The van der Waals surface area contributed by atoms with Crippen LogP contribution in [0, 0.1) is 0 Å². The Morgan fingerprint density at radius 2 is 1.80 bits per heavy atom. The van der Waals surface area contributed by atoms with Gasteiger partial charge >= 0.3 is 0 Å². The molecule has 0 atom stereocenters. The maximum atomic E-state index is 11.8.